The summed E-state index contributed by atoms with van der Waals surface area (Å²) in [5.74, 6) is 0.860. The van der Waals surface area contributed by atoms with Crippen molar-refractivity contribution in [3.05, 3.63) is 84.6 Å². The third-order valence-electron chi connectivity index (χ3n) is 8.37. The van der Waals surface area contributed by atoms with Gasteiger partial charge in [0.05, 0.1) is 16.5 Å². The van der Waals surface area contributed by atoms with Crippen molar-refractivity contribution in [2.75, 3.05) is 18.0 Å². The molecule has 2 atom stereocenters. The average molecular weight is 584 g/mol. The van der Waals surface area contributed by atoms with Crippen LogP contribution >= 0.6 is 11.8 Å². The topological polar surface area (TPSA) is 94.3 Å². The summed E-state index contributed by atoms with van der Waals surface area (Å²) in [6, 6.07) is 14.7. The van der Waals surface area contributed by atoms with Gasteiger partial charge >= 0.3 is 0 Å². The Morgan fingerprint density at radius 3 is 2.54 bits per heavy atom. The Labute approximate surface area is 247 Å². The summed E-state index contributed by atoms with van der Waals surface area (Å²) in [6.07, 6.45) is 12.3. The normalized spacial score (nSPS) is 19.2. The molecule has 0 amide bonds. The van der Waals surface area contributed by atoms with Crippen molar-refractivity contribution in [1.29, 1.82) is 0 Å². The zero-order valence-electron chi connectivity index (χ0n) is 23.4. The fourth-order valence-electron chi connectivity index (χ4n) is 6.18. The molecule has 41 heavy (non-hydrogen) atoms. The van der Waals surface area contributed by atoms with Crippen molar-refractivity contribution in [2.45, 2.75) is 60.6 Å². The maximum atomic E-state index is 13.4. The van der Waals surface area contributed by atoms with Crippen molar-refractivity contribution in [3.63, 3.8) is 0 Å². The van der Waals surface area contributed by atoms with Gasteiger partial charge in [-0.1, -0.05) is 36.0 Å². The quantitative estimate of drug-likeness (QED) is 0.281. The van der Waals surface area contributed by atoms with E-state index >= 15 is 0 Å². The molecule has 10 heteroatoms. The predicted octanol–water partition coefficient (Wildman–Crippen LogP) is 5.24. The number of piperidine rings is 1. The van der Waals surface area contributed by atoms with Gasteiger partial charge in [-0.25, -0.2) is 9.97 Å². The van der Waals surface area contributed by atoms with E-state index in [9.17, 15) is 4.55 Å². The molecule has 1 aliphatic heterocycles. The molecule has 0 bridgehead atoms. The zero-order chi connectivity index (χ0) is 28.2. The lowest BCUT2D eigenvalue weighted by Crippen LogP contribution is -2.61. The van der Waals surface area contributed by atoms with Crippen LogP contribution in [0.5, 0.6) is 0 Å². The van der Waals surface area contributed by atoms with Gasteiger partial charge in [0.15, 0.2) is 5.65 Å². The molecular weight excluding hydrogens is 551 g/mol. The highest BCUT2D eigenvalue weighted by Crippen LogP contribution is 2.46. The molecule has 2 aliphatic rings. The van der Waals surface area contributed by atoms with Crippen LogP contribution in [0.3, 0.4) is 0 Å². The molecule has 210 valence electrons. The van der Waals surface area contributed by atoms with Crippen molar-refractivity contribution < 1.29 is 4.55 Å². The highest BCUT2D eigenvalue weighted by molar-refractivity contribution is 7.99. The monoisotopic (exact) mass is 583 g/mol. The number of benzene rings is 1. The first kappa shape index (κ1) is 26.7. The summed E-state index contributed by atoms with van der Waals surface area (Å²) < 4.78 is 18.7. The molecule has 7 rings (SSSR count). The fraction of sp³-hybridized carbons (Fsp3) is 0.355. The highest BCUT2D eigenvalue weighted by Gasteiger charge is 2.50. The number of pyridine rings is 2. The maximum absolute atomic E-state index is 13.4. The van der Waals surface area contributed by atoms with Crippen molar-refractivity contribution in [3.8, 4) is 0 Å². The molecule has 1 unspecified atom stereocenters. The lowest BCUT2D eigenvalue weighted by Gasteiger charge is -2.46. The number of imidazole rings is 1. The number of hydrogen-bond acceptors (Lipinski definition) is 8. The van der Waals surface area contributed by atoms with Gasteiger partial charge in [-0.3, -0.25) is 14.4 Å². The molecule has 8 nitrogen and oxygen atoms in total. The van der Waals surface area contributed by atoms with Crippen LogP contribution in [-0.4, -0.2) is 52.8 Å². The first-order chi connectivity index (χ1) is 19.8. The lowest BCUT2D eigenvalue weighted by atomic mass is 9.72. The number of nitrogens with one attached hydrogen (secondary N) is 1. The van der Waals surface area contributed by atoms with E-state index in [0.717, 1.165) is 64.8 Å². The van der Waals surface area contributed by atoms with Gasteiger partial charge in [0.1, 0.15) is 10.3 Å². The van der Waals surface area contributed by atoms with E-state index in [1.54, 1.807) is 18.0 Å². The Morgan fingerprint density at radius 1 is 0.951 bits per heavy atom. The third kappa shape index (κ3) is 4.86. The molecule has 5 aromatic rings. The highest BCUT2D eigenvalue weighted by atomic mass is 32.2. The first-order valence-electron chi connectivity index (χ1n) is 14.0. The standard InChI is InChI=1S/C31H33N7OS2/c1-30(2,3)41(39)36-26-20-37(15-11-31(26)17-21-7-4-5-8-22(21)18-31)29-35-19-25(28-34-14-16-38(28)29)40-24-10-13-32-23-9-6-12-33-27(23)24/h4-10,12-14,16,19,26,36H,11,15,17-18,20H2,1-3H3/t26?,41-/m1/s1. The number of rotatable bonds is 5. The van der Waals surface area contributed by atoms with Gasteiger partial charge in [-0.15, -0.1) is 4.72 Å². The van der Waals surface area contributed by atoms with E-state index in [1.165, 1.54) is 11.1 Å². The molecule has 0 saturated carbocycles. The number of aromatic nitrogens is 5. The zero-order valence-corrected chi connectivity index (χ0v) is 25.1. The van der Waals surface area contributed by atoms with Gasteiger partial charge in [-0.05, 0) is 69.4 Å². The molecule has 0 radical (unpaired) electrons. The van der Waals surface area contributed by atoms with E-state index < -0.39 is 11.4 Å². The summed E-state index contributed by atoms with van der Waals surface area (Å²) in [5.41, 5.74) is 5.46. The maximum Gasteiger partial charge on any atom is 0.211 e. The van der Waals surface area contributed by atoms with Gasteiger partial charge in [0, 0.05) is 65.7 Å². The van der Waals surface area contributed by atoms with Crippen LogP contribution in [-0.2, 0) is 24.2 Å². The SMILES string of the molecule is CC(C)(C)[S@@+]([O-])NC1CN(c2ncc(Sc3ccnc4cccnc34)c3nccn23)CCC12Cc1ccccc1C2. The summed E-state index contributed by atoms with van der Waals surface area (Å²) in [5, 5.41) is 0. The van der Waals surface area contributed by atoms with Crippen LogP contribution in [0.2, 0.25) is 0 Å². The van der Waals surface area contributed by atoms with Crippen LogP contribution in [0, 0.1) is 5.41 Å². The second-order valence-corrected chi connectivity index (χ2v) is 15.1. The molecule has 1 N–H and O–H groups in total. The second-order valence-electron chi connectivity index (χ2n) is 12.1. The summed E-state index contributed by atoms with van der Waals surface area (Å²) in [7, 11) is 0. The Kier molecular flexibility index (Phi) is 6.69. The summed E-state index contributed by atoms with van der Waals surface area (Å²) in [6.45, 7) is 7.69. The van der Waals surface area contributed by atoms with E-state index in [2.05, 4.69) is 48.3 Å². The smallest absolute Gasteiger partial charge is 0.211 e. The van der Waals surface area contributed by atoms with E-state index in [1.807, 2.05) is 63.8 Å². The predicted molar refractivity (Wildman–Crippen MR) is 165 cm³/mol. The first-order valence-corrected chi connectivity index (χ1v) is 16.0. The van der Waals surface area contributed by atoms with Gasteiger partial charge in [-0.2, -0.15) is 0 Å². The summed E-state index contributed by atoms with van der Waals surface area (Å²) in [4.78, 5) is 23.0. The molecule has 1 saturated heterocycles. The number of fused-ring (bicyclic) bond motifs is 3. The van der Waals surface area contributed by atoms with E-state index in [-0.39, 0.29) is 16.2 Å². The lowest BCUT2D eigenvalue weighted by molar-refractivity contribution is 0.179. The minimum atomic E-state index is -1.18. The largest absolute Gasteiger partial charge is 0.598 e. The van der Waals surface area contributed by atoms with Crippen LogP contribution < -0.4 is 9.62 Å². The number of hydrogen-bond donors (Lipinski definition) is 1. The summed E-state index contributed by atoms with van der Waals surface area (Å²) >= 11 is 0.426. The van der Waals surface area contributed by atoms with Gasteiger partial charge < -0.3 is 9.45 Å². The Bertz CT molecular complexity index is 1700. The molecule has 4 aromatic heterocycles. The fourth-order valence-corrected chi connectivity index (χ4v) is 8.08. The molecular formula is C31H33N7OS2. The Morgan fingerprint density at radius 2 is 1.76 bits per heavy atom. The Balaban J connectivity index is 1.20. The number of nitrogens with zero attached hydrogens (tertiary/aromatic N) is 6. The van der Waals surface area contributed by atoms with Crippen LogP contribution in [0.25, 0.3) is 16.7 Å². The molecule has 1 aromatic carbocycles. The molecule has 1 aliphatic carbocycles. The number of anilines is 1. The van der Waals surface area contributed by atoms with Crippen molar-refractivity contribution in [2.24, 2.45) is 5.41 Å². The second kappa shape index (κ2) is 10.3. The minimum absolute atomic E-state index is 0.0281. The van der Waals surface area contributed by atoms with Gasteiger partial charge in [0.2, 0.25) is 5.95 Å². The van der Waals surface area contributed by atoms with E-state index in [4.69, 9.17) is 9.97 Å². The van der Waals surface area contributed by atoms with E-state index in [0.29, 0.717) is 0 Å². The molecule has 1 fully saturated rings. The van der Waals surface area contributed by atoms with Crippen LogP contribution in [0.4, 0.5) is 5.95 Å². The molecule has 5 heterocycles. The Hall–Kier alpha value is -3.18. The average Bonchev–Trinajstić information content (AvgIpc) is 3.60. The van der Waals surface area contributed by atoms with Crippen molar-refractivity contribution >= 4 is 45.8 Å². The van der Waals surface area contributed by atoms with Crippen LogP contribution in [0.15, 0.2) is 83.2 Å². The van der Waals surface area contributed by atoms with Crippen LogP contribution in [0.1, 0.15) is 38.3 Å². The minimum Gasteiger partial charge on any atom is -0.598 e. The molecule has 1 spiro atoms. The van der Waals surface area contributed by atoms with Gasteiger partial charge in [0.25, 0.3) is 0 Å². The van der Waals surface area contributed by atoms with Crippen molar-refractivity contribution in [1.82, 2.24) is 29.1 Å². The third-order valence-corrected chi connectivity index (χ3v) is 11.0.